The third-order valence-corrected chi connectivity index (χ3v) is 1.30. The second kappa shape index (κ2) is 3.64. The molecule has 1 aliphatic heterocycles. The molecule has 0 amide bonds. The number of allylic oxidation sites excluding steroid dienone is 1. The Bertz CT molecular complexity index is 93.1. The summed E-state index contributed by atoms with van der Waals surface area (Å²) in [5.41, 5.74) is 0. The van der Waals surface area contributed by atoms with Crippen LogP contribution in [-0.4, -0.2) is 20.0 Å². The van der Waals surface area contributed by atoms with Gasteiger partial charge >= 0.3 is 0 Å². The topological polar surface area (TPSA) is 18.5 Å². The molecule has 0 aliphatic carbocycles. The van der Waals surface area contributed by atoms with E-state index in [9.17, 15) is 0 Å². The molecule has 0 saturated carbocycles. The van der Waals surface area contributed by atoms with E-state index in [1.54, 1.807) is 0 Å². The lowest BCUT2D eigenvalue weighted by atomic mass is 10.1. The van der Waals surface area contributed by atoms with Gasteiger partial charge in [-0.2, -0.15) is 0 Å². The monoisotopic (exact) mass is 128 g/mol. The summed E-state index contributed by atoms with van der Waals surface area (Å²) in [5.74, 6) is 0.476. The molecule has 0 atom stereocenters. The molecule has 0 spiro atoms. The molecule has 2 nitrogen and oxygen atoms in total. The highest BCUT2D eigenvalue weighted by molar-refractivity contribution is 4.85. The molecule has 1 heterocycles. The van der Waals surface area contributed by atoms with Crippen LogP contribution >= 0.6 is 0 Å². The average molecular weight is 128 g/mol. The van der Waals surface area contributed by atoms with Crippen LogP contribution in [0.3, 0.4) is 0 Å². The summed E-state index contributed by atoms with van der Waals surface area (Å²) < 4.78 is 10.1. The summed E-state index contributed by atoms with van der Waals surface area (Å²) in [6.45, 7) is 4.09. The van der Waals surface area contributed by atoms with Gasteiger partial charge in [-0.1, -0.05) is 12.2 Å². The number of rotatable bonds is 1. The second-order valence-electron chi connectivity index (χ2n) is 2.15. The smallest absolute Gasteiger partial charge is 0.146 e. The molecule has 1 saturated heterocycles. The summed E-state index contributed by atoms with van der Waals surface area (Å²) in [5, 5.41) is 0. The summed E-state index contributed by atoms with van der Waals surface area (Å²) in [6.07, 6.45) is 4.14. The number of hydrogen-bond acceptors (Lipinski definition) is 2. The highest BCUT2D eigenvalue weighted by Crippen LogP contribution is 2.05. The van der Waals surface area contributed by atoms with Crippen LogP contribution in [0.4, 0.5) is 0 Å². The molecular weight excluding hydrogens is 116 g/mol. The van der Waals surface area contributed by atoms with E-state index >= 15 is 0 Å². The molecule has 1 rings (SSSR count). The zero-order valence-electron chi connectivity index (χ0n) is 5.67. The molecule has 1 fully saturated rings. The summed E-state index contributed by atoms with van der Waals surface area (Å²) in [6, 6.07) is 0. The van der Waals surface area contributed by atoms with Crippen LogP contribution in [0.2, 0.25) is 0 Å². The Morgan fingerprint density at radius 1 is 1.33 bits per heavy atom. The van der Waals surface area contributed by atoms with E-state index in [4.69, 9.17) is 9.47 Å². The molecule has 0 unspecified atom stereocenters. The van der Waals surface area contributed by atoms with Crippen molar-refractivity contribution >= 4 is 0 Å². The molecule has 9 heavy (non-hydrogen) atoms. The van der Waals surface area contributed by atoms with Crippen LogP contribution in [0.5, 0.6) is 0 Å². The van der Waals surface area contributed by atoms with Crippen molar-refractivity contribution in [3.8, 4) is 0 Å². The van der Waals surface area contributed by atoms with Crippen molar-refractivity contribution in [3.63, 3.8) is 0 Å². The highest BCUT2D eigenvalue weighted by atomic mass is 16.7. The van der Waals surface area contributed by atoms with Crippen LogP contribution in [-0.2, 0) is 9.47 Å². The summed E-state index contributed by atoms with van der Waals surface area (Å²) >= 11 is 0. The lowest BCUT2D eigenvalue weighted by molar-refractivity contribution is -0.115. The summed E-state index contributed by atoms with van der Waals surface area (Å²) in [4.78, 5) is 0. The van der Waals surface area contributed by atoms with Gasteiger partial charge in [-0.15, -0.1) is 0 Å². The average Bonchev–Trinajstić information content (AvgIpc) is 1.91. The van der Waals surface area contributed by atoms with E-state index in [1.807, 2.05) is 13.0 Å². The Balaban J connectivity index is 2.23. The maximum atomic E-state index is 5.06. The second-order valence-corrected chi connectivity index (χ2v) is 2.15. The fraction of sp³-hybridized carbons (Fsp3) is 0.714. The van der Waals surface area contributed by atoms with Crippen LogP contribution in [0, 0.1) is 5.92 Å². The van der Waals surface area contributed by atoms with E-state index < -0.39 is 0 Å². The molecule has 1 aliphatic rings. The number of ether oxygens (including phenoxy) is 2. The molecule has 0 radical (unpaired) electrons. The number of hydrogen-bond donors (Lipinski definition) is 0. The van der Waals surface area contributed by atoms with E-state index in [-0.39, 0.29) is 0 Å². The maximum absolute atomic E-state index is 5.06. The minimum absolute atomic E-state index is 0.466. The molecular formula is C7H12O2. The van der Waals surface area contributed by atoms with Gasteiger partial charge in [0.15, 0.2) is 0 Å². The first-order valence-electron chi connectivity index (χ1n) is 3.22. The molecule has 52 valence electrons. The van der Waals surface area contributed by atoms with Crippen molar-refractivity contribution in [1.29, 1.82) is 0 Å². The minimum Gasteiger partial charge on any atom is -0.355 e. The van der Waals surface area contributed by atoms with Crippen LogP contribution in [0.1, 0.15) is 6.92 Å². The van der Waals surface area contributed by atoms with E-state index in [0.717, 1.165) is 13.2 Å². The van der Waals surface area contributed by atoms with Gasteiger partial charge in [0, 0.05) is 5.92 Å². The first kappa shape index (κ1) is 6.78. The van der Waals surface area contributed by atoms with Crippen LogP contribution in [0.15, 0.2) is 12.2 Å². The van der Waals surface area contributed by atoms with E-state index in [2.05, 4.69) is 6.08 Å². The van der Waals surface area contributed by atoms with Crippen molar-refractivity contribution in [2.75, 3.05) is 20.0 Å². The highest BCUT2D eigenvalue weighted by Gasteiger charge is 2.09. The van der Waals surface area contributed by atoms with E-state index in [1.165, 1.54) is 0 Å². The third-order valence-electron chi connectivity index (χ3n) is 1.30. The van der Waals surface area contributed by atoms with Gasteiger partial charge in [0.05, 0.1) is 13.2 Å². The Labute approximate surface area is 55.5 Å². The first-order chi connectivity index (χ1) is 4.43. The van der Waals surface area contributed by atoms with Gasteiger partial charge in [0.2, 0.25) is 0 Å². The van der Waals surface area contributed by atoms with Crippen molar-refractivity contribution < 1.29 is 9.47 Å². The fourth-order valence-corrected chi connectivity index (χ4v) is 0.889. The third kappa shape index (κ3) is 2.16. The predicted octanol–water partition coefficient (Wildman–Crippen LogP) is 1.18. The van der Waals surface area contributed by atoms with Gasteiger partial charge in [-0.25, -0.2) is 0 Å². The van der Waals surface area contributed by atoms with Crippen molar-refractivity contribution in [2.45, 2.75) is 6.92 Å². The van der Waals surface area contributed by atoms with Gasteiger partial charge in [0.1, 0.15) is 6.79 Å². The minimum atomic E-state index is 0.466. The lowest BCUT2D eigenvalue weighted by Gasteiger charge is -2.18. The van der Waals surface area contributed by atoms with Crippen molar-refractivity contribution in [2.24, 2.45) is 5.92 Å². The Kier molecular flexibility index (Phi) is 2.74. The molecule has 0 aromatic rings. The lowest BCUT2D eigenvalue weighted by Crippen LogP contribution is -2.22. The SMILES string of the molecule is C/C=C\C1COCOC1. The first-order valence-corrected chi connectivity index (χ1v) is 3.22. The van der Waals surface area contributed by atoms with Crippen molar-refractivity contribution in [1.82, 2.24) is 0 Å². The molecule has 0 aromatic carbocycles. The van der Waals surface area contributed by atoms with Crippen molar-refractivity contribution in [3.05, 3.63) is 12.2 Å². The predicted molar refractivity (Wildman–Crippen MR) is 35.1 cm³/mol. The van der Waals surface area contributed by atoms with Gasteiger partial charge < -0.3 is 9.47 Å². The largest absolute Gasteiger partial charge is 0.355 e. The fourth-order valence-electron chi connectivity index (χ4n) is 0.889. The molecule has 0 aromatic heterocycles. The van der Waals surface area contributed by atoms with E-state index in [0.29, 0.717) is 12.7 Å². The molecule has 0 N–H and O–H groups in total. The Hall–Kier alpha value is -0.340. The maximum Gasteiger partial charge on any atom is 0.146 e. The standard InChI is InChI=1S/C7H12O2/c1-2-3-7-4-8-6-9-5-7/h2-3,7H,4-6H2,1H3/b3-2-. The molecule has 0 bridgehead atoms. The molecule has 2 heteroatoms. The van der Waals surface area contributed by atoms with Gasteiger partial charge in [-0.3, -0.25) is 0 Å². The Morgan fingerprint density at radius 3 is 2.56 bits per heavy atom. The van der Waals surface area contributed by atoms with Gasteiger partial charge in [-0.05, 0) is 6.92 Å². The van der Waals surface area contributed by atoms with Crippen LogP contribution in [0.25, 0.3) is 0 Å². The normalized spacial score (nSPS) is 23.2. The Morgan fingerprint density at radius 2 is 2.00 bits per heavy atom. The van der Waals surface area contributed by atoms with Gasteiger partial charge in [0.25, 0.3) is 0 Å². The summed E-state index contributed by atoms with van der Waals surface area (Å²) in [7, 11) is 0. The zero-order chi connectivity index (χ0) is 6.53. The van der Waals surface area contributed by atoms with Crippen LogP contribution < -0.4 is 0 Å². The quantitative estimate of drug-likeness (QED) is 0.494. The zero-order valence-corrected chi connectivity index (χ0v) is 5.67.